The van der Waals surface area contributed by atoms with Crippen LogP contribution in [0.3, 0.4) is 0 Å². The predicted octanol–water partition coefficient (Wildman–Crippen LogP) is 2.84. The van der Waals surface area contributed by atoms with Crippen molar-refractivity contribution < 1.29 is 9.26 Å². The molecular weight excluding hydrogens is 338 g/mol. The van der Waals surface area contributed by atoms with E-state index in [-0.39, 0.29) is 12.1 Å². The summed E-state index contributed by atoms with van der Waals surface area (Å²) in [6, 6.07) is -0.0128. The number of aryl methyl sites for hydroxylation is 3. The molecule has 0 amide bonds. The topological polar surface area (TPSA) is 77.2 Å². The number of hydrogen-bond acceptors (Lipinski definition) is 8. The molecule has 1 fully saturated rings. The highest BCUT2D eigenvalue weighted by Gasteiger charge is 2.39. The summed E-state index contributed by atoms with van der Waals surface area (Å²) in [5.74, 6) is 2.26. The first-order chi connectivity index (χ1) is 12.2. The Labute approximate surface area is 149 Å². The van der Waals surface area contributed by atoms with Crippen molar-refractivity contribution in [3.8, 4) is 0 Å². The second kappa shape index (κ2) is 5.74. The molecule has 0 saturated carbocycles. The number of rotatable bonds is 3. The molecule has 130 valence electrons. The Bertz CT molecular complexity index is 936. The fourth-order valence-electron chi connectivity index (χ4n) is 4.01. The Hall–Kier alpha value is -2.06. The molecule has 8 heteroatoms. The van der Waals surface area contributed by atoms with Gasteiger partial charge in [0.15, 0.2) is 5.82 Å². The summed E-state index contributed by atoms with van der Waals surface area (Å²) in [7, 11) is 1.75. The van der Waals surface area contributed by atoms with Crippen LogP contribution in [0.1, 0.15) is 41.0 Å². The Morgan fingerprint density at radius 2 is 2.24 bits per heavy atom. The molecule has 1 saturated heterocycles. The summed E-state index contributed by atoms with van der Waals surface area (Å²) in [6.07, 6.45) is 6.09. The maximum atomic E-state index is 5.64. The van der Waals surface area contributed by atoms with Crippen LogP contribution >= 0.6 is 11.3 Å². The van der Waals surface area contributed by atoms with Gasteiger partial charge in [0.1, 0.15) is 23.0 Å². The summed E-state index contributed by atoms with van der Waals surface area (Å²) < 4.78 is 11.1. The van der Waals surface area contributed by atoms with Crippen molar-refractivity contribution in [2.24, 2.45) is 0 Å². The zero-order valence-electron chi connectivity index (χ0n) is 14.2. The second-order valence-corrected chi connectivity index (χ2v) is 7.76. The molecule has 1 aliphatic heterocycles. The Balaban J connectivity index is 1.64. The third-order valence-corrected chi connectivity index (χ3v) is 6.38. The first-order valence-electron chi connectivity index (χ1n) is 8.59. The first kappa shape index (κ1) is 15.2. The van der Waals surface area contributed by atoms with Gasteiger partial charge in [-0.05, 0) is 31.7 Å². The third kappa shape index (κ3) is 2.35. The summed E-state index contributed by atoms with van der Waals surface area (Å²) in [5, 5.41) is 5.17. The Morgan fingerprint density at radius 1 is 1.32 bits per heavy atom. The number of aromatic nitrogens is 4. The predicted molar refractivity (Wildman–Crippen MR) is 94.0 cm³/mol. The summed E-state index contributed by atoms with van der Waals surface area (Å²) in [6.45, 7) is 2.61. The van der Waals surface area contributed by atoms with Crippen LogP contribution in [0.15, 0.2) is 10.9 Å². The van der Waals surface area contributed by atoms with Crippen molar-refractivity contribution in [1.82, 2.24) is 20.1 Å². The van der Waals surface area contributed by atoms with E-state index in [1.54, 1.807) is 24.8 Å². The monoisotopic (exact) mass is 357 g/mol. The van der Waals surface area contributed by atoms with Gasteiger partial charge in [-0.15, -0.1) is 11.3 Å². The van der Waals surface area contributed by atoms with E-state index in [2.05, 4.69) is 25.0 Å². The standard InChI is InChI=1S/C17H19N5O2S/c1-9-20-16(24-21-9)12-6-10(23-2)7-22(12)15-14-11-4-3-5-13(11)25-17(14)19-8-18-15/h8,10,12H,3-7H2,1-2H3. The van der Waals surface area contributed by atoms with Crippen molar-refractivity contribution in [2.75, 3.05) is 18.6 Å². The first-order valence-corrected chi connectivity index (χ1v) is 9.41. The summed E-state index contributed by atoms with van der Waals surface area (Å²) >= 11 is 1.81. The second-order valence-electron chi connectivity index (χ2n) is 6.68. The van der Waals surface area contributed by atoms with Crippen LogP contribution in [0.4, 0.5) is 5.82 Å². The molecule has 4 heterocycles. The van der Waals surface area contributed by atoms with E-state index < -0.39 is 0 Å². The van der Waals surface area contributed by atoms with Crippen LogP contribution in [0.2, 0.25) is 0 Å². The van der Waals surface area contributed by atoms with Crippen LogP contribution in [-0.2, 0) is 17.6 Å². The summed E-state index contributed by atoms with van der Waals surface area (Å²) in [5.41, 5.74) is 1.43. The lowest BCUT2D eigenvalue weighted by Crippen LogP contribution is -2.26. The van der Waals surface area contributed by atoms with Gasteiger partial charge in [-0.2, -0.15) is 4.98 Å². The molecule has 25 heavy (non-hydrogen) atoms. The maximum Gasteiger partial charge on any atom is 0.249 e. The number of nitrogens with zero attached hydrogens (tertiary/aromatic N) is 5. The van der Waals surface area contributed by atoms with Gasteiger partial charge in [-0.25, -0.2) is 9.97 Å². The van der Waals surface area contributed by atoms with Gasteiger partial charge in [0.25, 0.3) is 0 Å². The molecule has 0 N–H and O–H groups in total. The average Bonchev–Trinajstić information content (AvgIpc) is 3.36. The van der Waals surface area contributed by atoms with Crippen LogP contribution in [0.25, 0.3) is 10.2 Å². The van der Waals surface area contributed by atoms with Crippen LogP contribution in [0.5, 0.6) is 0 Å². The molecule has 3 aromatic rings. The van der Waals surface area contributed by atoms with Gasteiger partial charge < -0.3 is 14.2 Å². The molecular formula is C17H19N5O2S. The number of fused-ring (bicyclic) bond motifs is 3. The van der Waals surface area contributed by atoms with Crippen molar-refractivity contribution in [3.05, 3.63) is 28.5 Å². The maximum absolute atomic E-state index is 5.64. The van der Waals surface area contributed by atoms with E-state index in [9.17, 15) is 0 Å². The molecule has 2 aliphatic rings. The highest BCUT2D eigenvalue weighted by molar-refractivity contribution is 7.19. The van der Waals surface area contributed by atoms with Crippen LogP contribution in [0, 0.1) is 6.92 Å². The summed E-state index contributed by atoms with van der Waals surface area (Å²) in [4.78, 5) is 18.4. The van der Waals surface area contributed by atoms with Gasteiger partial charge in [0, 0.05) is 25.0 Å². The number of thiophene rings is 1. The third-order valence-electron chi connectivity index (χ3n) is 5.18. The van der Waals surface area contributed by atoms with Crippen molar-refractivity contribution >= 4 is 27.4 Å². The average molecular weight is 357 g/mol. The zero-order chi connectivity index (χ0) is 17.0. The molecule has 7 nitrogen and oxygen atoms in total. The van der Waals surface area contributed by atoms with E-state index in [0.717, 1.165) is 36.5 Å². The van der Waals surface area contributed by atoms with Crippen molar-refractivity contribution in [1.29, 1.82) is 0 Å². The minimum atomic E-state index is -0.0128. The highest BCUT2D eigenvalue weighted by Crippen LogP contribution is 2.44. The van der Waals surface area contributed by atoms with E-state index in [1.165, 1.54) is 22.2 Å². The molecule has 5 rings (SSSR count). The SMILES string of the molecule is COC1CC(c2nc(C)no2)N(c2ncnc3sc4c(c23)CCC4)C1. The molecule has 3 aromatic heterocycles. The van der Waals surface area contributed by atoms with E-state index >= 15 is 0 Å². The lowest BCUT2D eigenvalue weighted by molar-refractivity contribution is 0.117. The smallest absolute Gasteiger partial charge is 0.249 e. The van der Waals surface area contributed by atoms with Crippen molar-refractivity contribution in [2.45, 2.75) is 44.8 Å². The van der Waals surface area contributed by atoms with Gasteiger partial charge in [0.05, 0.1) is 11.5 Å². The number of anilines is 1. The number of methoxy groups -OCH3 is 1. The van der Waals surface area contributed by atoms with Gasteiger partial charge in [-0.1, -0.05) is 5.16 Å². The quantitative estimate of drug-likeness (QED) is 0.713. The van der Waals surface area contributed by atoms with Crippen molar-refractivity contribution in [3.63, 3.8) is 0 Å². The van der Waals surface area contributed by atoms with E-state index in [0.29, 0.717) is 11.7 Å². The fourth-order valence-corrected chi connectivity index (χ4v) is 5.24. The van der Waals surface area contributed by atoms with Crippen LogP contribution in [-0.4, -0.2) is 39.9 Å². The molecule has 0 spiro atoms. The van der Waals surface area contributed by atoms with Gasteiger partial charge in [-0.3, -0.25) is 0 Å². The van der Waals surface area contributed by atoms with Crippen LogP contribution < -0.4 is 4.90 Å². The Morgan fingerprint density at radius 3 is 3.04 bits per heavy atom. The minimum absolute atomic E-state index is 0.0128. The van der Waals surface area contributed by atoms with Gasteiger partial charge in [0.2, 0.25) is 5.89 Å². The molecule has 0 aromatic carbocycles. The van der Waals surface area contributed by atoms with E-state index in [1.807, 2.05) is 6.92 Å². The highest BCUT2D eigenvalue weighted by atomic mass is 32.1. The molecule has 1 aliphatic carbocycles. The molecule has 2 unspecified atom stereocenters. The number of ether oxygens (including phenoxy) is 1. The zero-order valence-corrected chi connectivity index (χ0v) is 15.0. The fraction of sp³-hybridized carbons (Fsp3) is 0.529. The molecule has 2 atom stereocenters. The largest absolute Gasteiger partial charge is 0.380 e. The number of hydrogen-bond donors (Lipinski definition) is 0. The lowest BCUT2D eigenvalue weighted by Gasteiger charge is -2.23. The molecule has 0 bridgehead atoms. The van der Waals surface area contributed by atoms with Gasteiger partial charge >= 0.3 is 0 Å². The van der Waals surface area contributed by atoms with E-state index in [4.69, 9.17) is 9.26 Å². The normalized spacial score (nSPS) is 22.9. The molecule has 0 radical (unpaired) electrons. The minimum Gasteiger partial charge on any atom is -0.380 e. The Kier molecular flexibility index (Phi) is 3.49. The lowest BCUT2D eigenvalue weighted by atomic mass is 10.1.